The molecule has 0 bridgehead atoms. The molecule has 2 aliphatic rings. The van der Waals surface area contributed by atoms with Gasteiger partial charge in [-0.05, 0) is 43.9 Å². The van der Waals surface area contributed by atoms with Gasteiger partial charge in [0.2, 0.25) is 11.8 Å². The Morgan fingerprint density at radius 2 is 2.16 bits per heavy atom. The Labute approximate surface area is 148 Å². The molecule has 2 heterocycles. The number of nitrogens with one attached hydrogen (secondary N) is 1. The smallest absolute Gasteiger partial charge is 0.230 e. The van der Waals surface area contributed by atoms with Crippen molar-refractivity contribution >= 4 is 11.8 Å². The first kappa shape index (κ1) is 17.7. The summed E-state index contributed by atoms with van der Waals surface area (Å²) in [4.78, 5) is 26.8. The fourth-order valence-electron chi connectivity index (χ4n) is 3.81. The fourth-order valence-corrected chi connectivity index (χ4v) is 3.81. The summed E-state index contributed by atoms with van der Waals surface area (Å²) in [7, 11) is 0. The van der Waals surface area contributed by atoms with Gasteiger partial charge in [0.25, 0.3) is 0 Å². The molecule has 0 aromatic heterocycles. The van der Waals surface area contributed by atoms with Crippen molar-refractivity contribution in [2.45, 2.75) is 38.7 Å². The van der Waals surface area contributed by atoms with Crippen molar-refractivity contribution in [3.05, 3.63) is 29.8 Å². The molecule has 25 heavy (non-hydrogen) atoms. The minimum absolute atomic E-state index is 0.00573. The second kappa shape index (κ2) is 7.44. The van der Waals surface area contributed by atoms with Gasteiger partial charge in [0, 0.05) is 19.6 Å². The maximum absolute atomic E-state index is 12.7. The number of aliphatic hydroxyl groups is 1. The van der Waals surface area contributed by atoms with Crippen LogP contribution in [0.1, 0.15) is 31.7 Å². The van der Waals surface area contributed by atoms with Crippen LogP contribution < -0.4 is 10.1 Å². The van der Waals surface area contributed by atoms with E-state index in [0.717, 1.165) is 17.7 Å². The van der Waals surface area contributed by atoms with E-state index in [2.05, 4.69) is 5.32 Å². The monoisotopic (exact) mass is 346 g/mol. The Morgan fingerprint density at radius 3 is 2.84 bits per heavy atom. The van der Waals surface area contributed by atoms with Crippen LogP contribution in [0.15, 0.2) is 24.3 Å². The van der Waals surface area contributed by atoms with E-state index in [4.69, 9.17) is 4.74 Å². The molecule has 2 N–H and O–H groups in total. The lowest BCUT2D eigenvalue weighted by Gasteiger charge is -2.46. The lowest BCUT2D eigenvalue weighted by Crippen LogP contribution is -2.62. The molecular weight excluding hydrogens is 320 g/mol. The molecule has 0 aliphatic carbocycles. The van der Waals surface area contributed by atoms with Crippen molar-refractivity contribution in [3.63, 3.8) is 0 Å². The summed E-state index contributed by atoms with van der Waals surface area (Å²) >= 11 is 0. The van der Waals surface area contributed by atoms with Crippen LogP contribution in [-0.4, -0.2) is 54.2 Å². The van der Waals surface area contributed by atoms with Crippen molar-refractivity contribution < 1.29 is 19.4 Å². The summed E-state index contributed by atoms with van der Waals surface area (Å²) in [6, 6.07) is 7.51. The van der Waals surface area contributed by atoms with E-state index < -0.39 is 11.5 Å². The molecule has 2 aliphatic heterocycles. The first-order valence-corrected chi connectivity index (χ1v) is 9.01. The van der Waals surface area contributed by atoms with Crippen LogP contribution in [0.25, 0.3) is 0 Å². The number of hydrogen-bond acceptors (Lipinski definition) is 4. The number of benzene rings is 1. The van der Waals surface area contributed by atoms with Gasteiger partial charge in [-0.1, -0.05) is 12.1 Å². The summed E-state index contributed by atoms with van der Waals surface area (Å²) in [6.45, 7) is 3.98. The van der Waals surface area contributed by atoms with Crippen LogP contribution >= 0.6 is 0 Å². The highest BCUT2D eigenvalue weighted by molar-refractivity contribution is 5.86. The number of amides is 2. The summed E-state index contributed by atoms with van der Waals surface area (Å²) in [5.74, 6) is 0.663. The molecule has 0 radical (unpaired) electrons. The van der Waals surface area contributed by atoms with Gasteiger partial charge >= 0.3 is 0 Å². The third-order valence-electron chi connectivity index (χ3n) is 5.26. The number of likely N-dealkylation sites (tertiary alicyclic amines) is 1. The Hall–Kier alpha value is -2.08. The van der Waals surface area contributed by atoms with Gasteiger partial charge in [-0.25, -0.2) is 0 Å². The summed E-state index contributed by atoms with van der Waals surface area (Å²) in [6.07, 6.45) is 1.53. The number of carbonyl (C=O) groups is 2. The second-order valence-electron chi connectivity index (χ2n) is 6.89. The zero-order valence-corrected chi connectivity index (χ0v) is 14.7. The maximum atomic E-state index is 12.7. The Bertz CT molecular complexity index is 631. The van der Waals surface area contributed by atoms with Crippen molar-refractivity contribution in [1.29, 1.82) is 0 Å². The van der Waals surface area contributed by atoms with E-state index in [0.29, 0.717) is 45.5 Å². The number of nitrogens with zero attached hydrogens (tertiary/aromatic N) is 1. The molecule has 6 nitrogen and oxygen atoms in total. The van der Waals surface area contributed by atoms with Crippen LogP contribution in [0.2, 0.25) is 0 Å². The fraction of sp³-hybridized carbons (Fsp3) is 0.579. The number of aliphatic hydroxyl groups excluding tert-OH is 1. The highest BCUT2D eigenvalue weighted by atomic mass is 16.5. The predicted octanol–water partition coefficient (Wildman–Crippen LogP) is 1.12. The molecule has 2 fully saturated rings. The van der Waals surface area contributed by atoms with Crippen LogP contribution in [0.5, 0.6) is 5.75 Å². The van der Waals surface area contributed by atoms with E-state index in [1.54, 1.807) is 4.90 Å². The molecule has 1 spiro atoms. The summed E-state index contributed by atoms with van der Waals surface area (Å²) < 4.78 is 5.41. The summed E-state index contributed by atoms with van der Waals surface area (Å²) in [5, 5.41) is 13.3. The minimum Gasteiger partial charge on any atom is -0.494 e. The molecule has 136 valence electrons. The topological polar surface area (TPSA) is 78.9 Å². The van der Waals surface area contributed by atoms with Crippen LogP contribution in [-0.2, 0) is 16.0 Å². The molecule has 0 unspecified atom stereocenters. The molecule has 0 saturated carbocycles. The minimum atomic E-state index is -0.842. The average Bonchev–Trinajstić information content (AvgIpc) is 2.61. The molecule has 3 rings (SSSR count). The van der Waals surface area contributed by atoms with Gasteiger partial charge in [0.1, 0.15) is 5.75 Å². The van der Waals surface area contributed by atoms with Crippen molar-refractivity contribution in [2.75, 3.05) is 26.2 Å². The second-order valence-corrected chi connectivity index (χ2v) is 6.89. The first-order valence-electron chi connectivity index (χ1n) is 9.01. The van der Waals surface area contributed by atoms with Gasteiger partial charge in [-0.2, -0.15) is 0 Å². The van der Waals surface area contributed by atoms with E-state index in [-0.39, 0.29) is 11.8 Å². The number of carbonyl (C=O) groups excluding carboxylic acids is 2. The van der Waals surface area contributed by atoms with Crippen molar-refractivity contribution in [3.8, 4) is 5.75 Å². The molecule has 2 amide bonds. The Morgan fingerprint density at radius 1 is 1.40 bits per heavy atom. The number of piperidine rings is 2. The van der Waals surface area contributed by atoms with Gasteiger partial charge in [-0.15, -0.1) is 0 Å². The molecular formula is C19H26N2O4. The van der Waals surface area contributed by atoms with Crippen LogP contribution in [0.4, 0.5) is 0 Å². The summed E-state index contributed by atoms with van der Waals surface area (Å²) in [5.41, 5.74) is 0.0760. The highest BCUT2D eigenvalue weighted by Gasteiger charge is 2.50. The third-order valence-corrected chi connectivity index (χ3v) is 5.26. The molecule has 6 heteroatoms. The standard InChI is InChI=1S/C19H26N2O4/c1-2-25-15-6-4-14(5-7-15)12-17(23)21-11-8-16(22)19(13-21)9-3-10-20-18(19)24/h4-7,16,22H,2-3,8-13H2,1H3,(H,20,24)/t16-,19-/m1/s1. The van der Waals surface area contributed by atoms with Gasteiger partial charge in [-0.3, -0.25) is 9.59 Å². The maximum Gasteiger partial charge on any atom is 0.230 e. The van der Waals surface area contributed by atoms with Crippen LogP contribution in [0.3, 0.4) is 0 Å². The first-order chi connectivity index (χ1) is 12.0. The average molecular weight is 346 g/mol. The SMILES string of the molecule is CCOc1ccc(CC(=O)N2CC[C@@H](O)[C@@]3(CCCNC3=O)C2)cc1. The molecule has 1 aromatic rings. The van der Waals surface area contributed by atoms with Gasteiger partial charge in [0.05, 0.1) is 24.5 Å². The zero-order valence-electron chi connectivity index (χ0n) is 14.7. The van der Waals surface area contributed by atoms with E-state index >= 15 is 0 Å². The molecule has 2 atom stereocenters. The predicted molar refractivity (Wildman–Crippen MR) is 93.2 cm³/mol. The van der Waals surface area contributed by atoms with Gasteiger partial charge in [0.15, 0.2) is 0 Å². The lowest BCUT2D eigenvalue weighted by molar-refractivity contribution is -0.154. The van der Waals surface area contributed by atoms with Gasteiger partial charge < -0.3 is 20.1 Å². The molecule has 1 aromatic carbocycles. The zero-order chi connectivity index (χ0) is 17.9. The quantitative estimate of drug-likeness (QED) is 0.856. The van der Waals surface area contributed by atoms with Crippen LogP contribution in [0, 0.1) is 5.41 Å². The number of ether oxygens (including phenoxy) is 1. The number of rotatable bonds is 4. The van der Waals surface area contributed by atoms with Crippen molar-refractivity contribution in [2.24, 2.45) is 5.41 Å². The lowest BCUT2D eigenvalue weighted by atomic mass is 9.71. The third kappa shape index (κ3) is 3.63. The van der Waals surface area contributed by atoms with E-state index in [9.17, 15) is 14.7 Å². The Kier molecular flexibility index (Phi) is 5.27. The molecule has 2 saturated heterocycles. The number of hydrogen-bond donors (Lipinski definition) is 2. The van der Waals surface area contributed by atoms with E-state index in [1.807, 2.05) is 31.2 Å². The Balaban J connectivity index is 1.66. The largest absolute Gasteiger partial charge is 0.494 e. The normalized spacial score (nSPS) is 26.4. The van der Waals surface area contributed by atoms with Crippen molar-refractivity contribution in [1.82, 2.24) is 10.2 Å². The highest BCUT2D eigenvalue weighted by Crippen LogP contribution is 2.37. The van der Waals surface area contributed by atoms with E-state index in [1.165, 1.54) is 0 Å².